The van der Waals surface area contributed by atoms with Crippen LogP contribution >= 0.6 is 0 Å². The van der Waals surface area contributed by atoms with E-state index in [1.54, 1.807) is 0 Å². The van der Waals surface area contributed by atoms with E-state index < -0.39 is 34.8 Å². The summed E-state index contributed by atoms with van der Waals surface area (Å²) in [4.78, 5) is 15.3. The molecule has 1 aromatic heterocycles. The Morgan fingerprint density at radius 1 is 1.10 bits per heavy atom. The molecule has 0 aliphatic heterocycles. The number of halogens is 5. The Morgan fingerprint density at radius 2 is 1.81 bits per heavy atom. The number of amides is 1. The van der Waals surface area contributed by atoms with E-state index in [0.29, 0.717) is 12.1 Å². The van der Waals surface area contributed by atoms with Crippen LogP contribution in [0, 0.1) is 11.6 Å². The van der Waals surface area contributed by atoms with Gasteiger partial charge in [-0.25, -0.2) is 13.8 Å². The first-order valence-electron chi connectivity index (χ1n) is 5.57. The minimum atomic E-state index is -4.91. The molecule has 1 heterocycles. The van der Waals surface area contributed by atoms with Crippen LogP contribution in [-0.4, -0.2) is 10.9 Å². The molecule has 0 saturated heterocycles. The van der Waals surface area contributed by atoms with Crippen molar-refractivity contribution in [3.8, 4) is 0 Å². The normalized spacial score (nSPS) is 11.3. The van der Waals surface area contributed by atoms with Crippen molar-refractivity contribution < 1.29 is 26.7 Å². The van der Waals surface area contributed by atoms with E-state index in [4.69, 9.17) is 0 Å². The minimum absolute atomic E-state index is 0.0423. The van der Waals surface area contributed by atoms with Crippen LogP contribution in [0.3, 0.4) is 0 Å². The predicted molar refractivity (Wildman–Crippen MR) is 63.6 cm³/mol. The largest absolute Gasteiger partial charge is 0.419 e. The molecule has 0 radical (unpaired) electrons. The van der Waals surface area contributed by atoms with Gasteiger partial charge in [-0.05, 0) is 30.3 Å². The lowest BCUT2D eigenvalue weighted by molar-refractivity contribution is -0.140. The Hall–Kier alpha value is -2.51. The van der Waals surface area contributed by atoms with Crippen LogP contribution in [0.15, 0.2) is 36.5 Å². The summed E-state index contributed by atoms with van der Waals surface area (Å²) in [5, 5.41) is 2.18. The van der Waals surface area contributed by atoms with Crippen LogP contribution in [-0.2, 0) is 6.18 Å². The number of carbonyl (C=O) groups is 1. The Bertz CT molecular complexity index is 667. The maximum atomic E-state index is 13.1. The molecule has 0 unspecified atom stereocenters. The Morgan fingerprint density at radius 3 is 2.38 bits per heavy atom. The molecular weight excluding hydrogens is 295 g/mol. The summed E-state index contributed by atoms with van der Waals surface area (Å²) in [6.45, 7) is 0. The van der Waals surface area contributed by atoms with Gasteiger partial charge in [0.05, 0.1) is 11.8 Å². The van der Waals surface area contributed by atoms with Gasteiger partial charge in [0, 0.05) is 5.56 Å². The molecule has 0 saturated carbocycles. The second kappa shape index (κ2) is 5.47. The van der Waals surface area contributed by atoms with Crippen LogP contribution in [0.1, 0.15) is 15.9 Å². The summed E-state index contributed by atoms with van der Waals surface area (Å²) in [5.74, 6) is -3.06. The minimum Gasteiger partial charge on any atom is -0.307 e. The third-order valence-corrected chi connectivity index (χ3v) is 2.50. The van der Waals surface area contributed by atoms with Gasteiger partial charge < -0.3 is 5.32 Å². The molecule has 0 fully saturated rings. The number of aromatic nitrogens is 1. The standard InChI is InChI=1S/C13H7F5N2O/c14-8-2-4-11(19-6-8)20-12(21)7-1-3-10(15)9(5-7)13(16,17)18/h1-6H,(H,19,20,21). The smallest absolute Gasteiger partial charge is 0.307 e. The number of anilines is 1. The van der Waals surface area contributed by atoms with Gasteiger partial charge in [0.1, 0.15) is 17.5 Å². The Kier molecular flexibility index (Phi) is 3.88. The molecule has 110 valence electrons. The van der Waals surface area contributed by atoms with Crippen molar-refractivity contribution >= 4 is 11.7 Å². The van der Waals surface area contributed by atoms with E-state index in [1.807, 2.05) is 0 Å². The number of pyridine rings is 1. The van der Waals surface area contributed by atoms with Gasteiger partial charge in [0.25, 0.3) is 5.91 Å². The lowest BCUT2D eigenvalue weighted by Gasteiger charge is -2.10. The predicted octanol–water partition coefficient (Wildman–Crippen LogP) is 3.63. The number of hydrogen-bond donors (Lipinski definition) is 1. The SMILES string of the molecule is O=C(Nc1ccc(F)cn1)c1ccc(F)c(C(F)(F)F)c1. The molecule has 1 aromatic carbocycles. The van der Waals surface area contributed by atoms with Crippen molar-refractivity contribution in [1.29, 1.82) is 0 Å². The van der Waals surface area contributed by atoms with Crippen molar-refractivity contribution in [3.05, 3.63) is 59.3 Å². The van der Waals surface area contributed by atoms with Gasteiger partial charge in [-0.15, -0.1) is 0 Å². The molecule has 8 heteroatoms. The topological polar surface area (TPSA) is 42.0 Å². The van der Waals surface area contributed by atoms with Gasteiger partial charge in [-0.2, -0.15) is 13.2 Å². The zero-order chi connectivity index (χ0) is 15.6. The number of rotatable bonds is 2. The average molecular weight is 302 g/mol. The molecule has 21 heavy (non-hydrogen) atoms. The van der Waals surface area contributed by atoms with Crippen molar-refractivity contribution in [2.24, 2.45) is 0 Å². The molecule has 0 aliphatic carbocycles. The second-order valence-electron chi connectivity index (χ2n) is 4.01. The monoisotopic (exact) mass is 302 g/mol. The van der Waals surface area contributed by atoms with E-state index >= 15 is 0 Å². The average Bonchev–Trinajstić information content (AvgIpc) is 2.40. The zero-order valence-electron chi connectivity index (χ0n) is 10.2. The number of nitrogens with zero attached hydrogens (tertiary/aromatic N) is 1. The van der Waals surface area contributed by atoms with Crippen LogP contribution in [0.2, 0.25) is 0 Å². The van der Waals surface area contributed by atoms with Gasteiger partial charge in [0.15, 0.2) is 0 Å². The highest BCUT2D eigenvalue weighted by Crippen LogP contribution is 2.32. The van der Waals surface area contributed by atoms with Gasteiger partial charge in [0.2, 0.25) is 0 Å². The number of hydrogen-bond acceptors (Lipinski definition) is 2. The molecule has 0 bridgehead atoms. The molecule has 2 aromatic rings. The molecule has 0 atom stereocenters. The highest BCUT2D eigenvalue weighted by molar-refractivity contribution is 6.03. The summed E-state index contributed by atoms with van der Waals surface area (Å²) in [6.07, 6.45) is -4.07. The summed E-state index contributed by atoms with van der Waals surface area (Å²) in [5.41, 5.74) is -1.93. The lowest BCUT2D eigenvalue weighted by Crippen LogP contribution is -2.15. The third kappa shape index (κ3) is 3.53. The molecule has 0 spiro atoms. The Labute approximate surface area is 115 Å². The van der Waals surface area contributed by atoms with E-state index in [0.717, 1.165) is 24.4 Å². The summed E-state index contributed by atoms with van der Waals surface area (Å²) in [7, 11) is 0. The summed E-state index contributed by atoms with van der Waals surface area (Å²) < 4.78 is 63.3. The quantitative estimate of drug-likeness (QED) is 0.861. The Balaban J connectivity index is 2.25. The van der Waals surface area contributed by atoms with E-state index in [1.165, 1.54) is 0 Å². The maximum Gasteiger partial charge on any atom is 0.419 e. The summed E-state index contributed by atoms with van der Waals surface area (Å²) in [6, 6.07) is 4.02. The van der Waals surface area contributed by atoms with Crippen molar-refractivity contribution in [1.82, 2.24) is 4.98 Å². The first-order valence-corrected chi connectivity index (χ1v) is 5.57. The number of alkyl halides is 3. The van der Waals surface area contributed by atoms with Gasteiger partial charge in [-0.3, -0.25) is 4.79 Å². The van der Waals surface area contributed by atoms with Crippen LogP contribution in [0.5, 0.6) is 0 Å². The van der Waals surface area contributed by atoms with Gasteiger partial charge >= 0.3 is 6.18 Å². The summed E-state index contributed by atoms with van der Waals surface area (Å²) >= 11 is 0. The fourth-order valence-electron chi connectivity index (χ4n) is 1.52. The maximum absolute atomic E-state index is 13.1. The highest BCUT2D eigenvalue weighted by Gasteiger charge is 2.34. The number of nitrogens with one attached hydrogen (secondary N) is 1. The first-order chi connectivity index (χ1) is 9.77. The zero-order valence-corrected chi connectivity index (χ0v) is 10.2. The van der Waals surface area contributed by atoms with Crippen molar-refractivity contribution in [3.63, 3.8) is 0 Å². The fourth-order valence-corrected chi connectivity index (χ4v) is 1.52. The second-order valence-corrected chi connectivity index (χ2v) is 4.01. The third-order valence-electron chi connectivity index (χ3n) is 2.50. The van der Waals surface area contributed by atoms with Gasteiger partial charge in [-0.1, -0.05) is 0 Å². The van der Waals surface area contributed by atoms with Crippen LogP contribution in [0.4, 0.5) is 27.8 Å². The molecule has 2 rings (SSSR count). The molecule has 3 nitrogen and oxygen atoms in total. The molecule has 1 amide bonds. The van der Waals surface area contributed by atoms with Crippen LogP contribution < -0.4 is 5.32 Å². The first kappa shape index (κ1) is 14.9. The number of benzene rings is 1. The lowest BCUT2D eigenvalue weighted by atomic mass is 10.1. The fraction of sp³-hybridized carbons (Fsp3) is 0.0769. The van der Waals surface area contributed by atoms with Crippen molar-refractivity contribution in [2.75, 3.05) is 5.32 Å². The van der Waals surface area contributed by atoms with E-state index in [-0.39, 0.29) is 5.82 Å². The van der Waals surface area contributed by atoms with E-state index in [2.05, 4.69) is 10.3 Å². The molecule has 1 N–H and O–H groups in total. The van der Waals surface area contributed by atoms with Crippen molar-refractivity contribution in [2.45, 2.75) is 6.18 Å². The van der Waals surface area contributed by atoms with Crippen LogP contribution in [0.25, 0.3) is 0 Å². The molecule has 0 aliphatic rings. The van der Waals surface area contributed by atoms with E-state index in [9.17, 15) is 26.7 Å². The highest BCUT2D eigenvalue weighted by atomic mass is 19.4. The number of carbonyl (C=O) groups excluding carboxylic acids is 1. The molecular formula is C13H7F5N2O.